The highest BCUT2D eigenvalue weighted by atomic mass is 16.3. The third-order valence-electron chi connectivity index (χ3n) is 2.21. The van der Waals surface area contributed by atoms with Crippen LogP contribution in [-0.2, 0) is 6.61 Å². The maximum absolute atomic E-state index is 9.06. The number of nitrogens with zero attached hydrogens (tertiary/aromatic N) is 3. The van der Waals surface area contributed by atoms with Crippen LogP contribution in [0.4, 0.5) is 0 Å². The molecule has 0 spiro atoms. The van der Waals surface area contributed by atoms with E-state index < -0.39 is 0 Å². The number of azide groups is 1. The Morgan fingerprint density at radius 2 is 2.33 bits per heavy atom. The molecule has 1 rings (SSSR count). The fourth-order valence-corrected chi connectivity index (χ4v) is 1.32. The lowest BCUT2D eigenvalue weighted by Gasteiger charge is -2.05. The SMILES string of the molecule is Cc1c(C=CCN=[N+]=[N-])cccc1CO. The Balaban J connectivity index is 2.85. The first-order valence-electron chi connectivity index (χ1n) is 4.66. The maximum atomic E-state index is 9.06. The van der Waals surface area contributed by atoms with Crippen molar-refractivity contribution in [1.29, 1.82) is 0 Å². The van der Waals surface area contributed by atoms with Gasteiger partial charge in [0.2, 0.25) is 0 Å². The molecule has 0 aliphatic heterocycles. The van der Waals surface area contributed by atoms with Crippen molar-refractivity contribution in [2.45, 2.75) is 13.5 Å². The van der Waals surface area contributed by atoms with E-state index in [1.54, 1.807) is 6.08 Å². The topological polar surface area (TPSA) is 69.0 Å². The van der Waals surface area contributed by atoms with Crippen LogP contribution < -0.4 is 0 Å². The van der Waals surface area contributed by atoms with Gasteiger partial charge in [-0.15, -0.1) is 0 Å². The number of benzene rings is 1. The van der Waals surface area contributed by atoms with Gasteiger partial charge >= 0.3 is 0 Å². The summed E-state index contributed by atoms with van der Waals surface area (Å²) in [5.41, 5.74) is 11.1. The maximum Gasteiger partial charge on any atom is 0.0684 e. The number of hydrogen-bond acceptors (Lipinski definition) is 2. The van der Waals surface area contributed by atoms with Gasteiger partial charge in [-0.05, 0) is 29.1 Å². The summed E-state index contributed by atoms with van der Waals surface area (Å²) in [7, 11) is 0. The van der Waals surface area contributed by atoms with Crippen molar-refractivity contribution in [2.75, 3.05) is 6.54 Å². The number of aliphatic hydroxyl groups is 1. The molecule has 1 aromatic carbocycles. The highest BCUT2D eigenvalue weighted by molar-refractivity contribution is 5.55. The lowest BCUT2D eigenvalue weighted by atomic mass is 10.0. The second-order valence-corrected chi connectivity index (χ2v) is 3.11. The van der Waals surface area contributed by atoms with Crippen molar-refractivity contribution in [1.82, 2.24) is 0 Å². The Hall–Kier alpha value is -1.77. The standard InChI is InChI=1S/C11H13N3O/c1-9-10(6-3-7-13-14-12)4-2-5-11(9)8-15/h2-6,15H,7-8H2,1H3. The molecule has 0 radical (unpaired) electrons. The van der Waals surface area contributed by atoms with Crippen LogP contribution in [0.15, 0.2) is 29.4 Å². The zero-order chi connectivity index (χ0) is 11.1. The van der Waals surface area contributed by atoms with Crippen LogP contribution in [0.2, 0.25) is 0 Å². The van der Waals surface area contributed by atoms with Gasteiger partial charge in [-0.1, -0.05) is 35.5 Å². The summed E-state index contributed by atoms with van der Waals surface area (Å²) in [6.07, 6.45) is 3.69. The van der Waals surface area contributed by atoms with Crippen LogP contribution in [0.1, 0.15) is 16.7 Å². The zero-order valence-electron chi connectivity index (χ0n) is 8.59. The molecular weight excluding hydrogens is 190 g/mol. The Labute approximate surface area is 88.5 Å². The molecule has 0 fully saturated rings. The molecule has 1 N–H and O–H groups in total. The molecule has 0 heterocycles. The Bertz CT molecular complexity index is 406. The van der Waals surface area contributed by atoms with Gasteiger partial charge in [-0.25, -0.2) is 0 Å². The predicted molar refractivity (Wildman–Crippen MR) is 60.1 cm³/mol. The molecule has 78 valence electrons. The van der Waals surface area contributed by atoms with E-state index in [-0.39, 0.29) is 6.61 Å². The Morgan fingerprint density at radius 3 is 3.00 bits per heavy atom. The lowest BCUT2D eigenvalue weighted by Crippen LogP contribution is -1.90. The van der Waals surface area contributed by atoms with E-state index in [4.69, 9.17) is 10.6 Å². The van der Waals surface area contributed by atoms with Crippen molar-refractivity contribution in [3.63, 3.8) is 0 Å². The summed E-state index contributed by atoms with van der Waals surface area (Å²) in [6, 6.07) is 5.74. The van der Waals surface area contributed by atoms with Gasteiger partial charge in [0.05, 0.1) is 6.61 Å². The van der Waals surface area contributed by atoms with Gasteiger partial charge in [0.25, 0.3) is 0 Å². The van der Waals surface area contributed by atoms with Crippen LogP contribution >= 0.6 is 0 Å². The molecule has 0 unspecified atom stereocenters. The monoisotopic (exact) mass is 203 g/mol. The van der Waals surface area contributed by atoms with E-state index >= 15 is 0 Å². The number of aliphatic hydroxyl groups excluding tert-OH is 1. The molecule has 0 amide bonds. The summed E-state index contributed by atoms with van der Waals surface area (Å²) >= 11 is 0. The van der Waals surface area contributed by atoms with E-state index in [0.29, 0.717) is 6.54 Å². The summed E-state index contributed by atoms with van der Waals surface area (Å²) in [5.74, 6) is 0. The van der Waals surface area contributed by atoms with Crippen LogP contribution in [0.3, 0.4) is 0 Å². The van der Waals surface area contributed by atoms with Gasteiger partial charge < -0.3 is 5.11 Å². The van der Waals surface area contributed by atoms with E-state index in [1.165, 1.54) is 0 Å². The Morgan fingerprint density at radius 1 is 1.53 bits per heavy atom. The van der Waals surface area contributed by atoms with Crippen molar-refractivity contribution in [2.24, 2.45) is 5.11 Å². The molecule has 1 aromatic rings. The largest absolute Gasteiger partial charge is 0.392 e. The average molecular weight is 203 g/mol. The van der Waals surface area contributed by atoms with E-state index in [0.717, 1.165) is 16.7 Å². The third-order valence-corrected chi connectivity index (χ3v) is 2.21. The first kappa shape index (κ1) is 11.3. The molecule has 15 heavy (non-hydrogen) atoms. The molecule has 0 saturated heterocycles. The van der Waals surface area contributed by atoms with Gasteiger partial charge in [0, 0.05) is 11.5 Å². The minimum Gasteiger partial charge on any atom is -0.392 e. The van der Waals surface area contributed by atoms with Crippen LogP contribution in [0.5, 0.6) is 0 Å². The number of rotatable bonds is 4. The second kappa shape index (κ2) is 5.86. The highest BCUT2D eigenvalue weighted by Crippen LogP contribution is 2.15. The lowest BCUT2D eigenvalue weighted by molar-refractivity contribution is 0.281. The van der Waals surface area contributed by atoms with Gasteiger partial charge in [0.15, 0.2) is 0 Å². The highest BCUT2D eigenvalue weighted by Gasteiger charge is 1.99. The molecular formula is C11H13N3O. The molecule has 0 atom stereocenters. The molecule has 0 aromatic heterocycles. The fraction of sp³-hybridized carbons (Fsp3) is 0.273. The molecule has 0 bridgehead atoms. The predicted octanol–water partition coefficient (Wildman–Crippen LogP) is 2.81. The van der Waals surface area contributed by atoms with E-state index in [1.807, 2.05) is 31.2 Å². The number of hydrogen-bond donors (Lipinski definition) is 1. The molecule has 4 heteroatoms. The quantitative estimate of drug-likeness (QED) is 0.456. The summed E-state index contributed by atoms with van der Waals surface area (Å²) in [4.78, 5) is 2.66. The molecule has 0 aliphatic rings. The first-order valence-corrected chi connectivity index (χ1v) is 4.66. The Kier molecular flexibility index (Phi) is 4.41. The van der Waals surface area contributed by atoms with E-state index in [2.05, 4.69) is 10.0 Å². The minimum atomic E-state index is 0.0455. The summed E-state index contributed by atoms with van der Waals surface area (Å²) in [6.45, 7) is 2.35. The van der Waals surface area contributed by atoms with Crippen molar-refractivity contribution in [3.8, 4) is 0 Å². The molecule has 0 saturated carbocycles. The van der Waals surface area contributed by atoms with Crippen LogP contribution in [0, 0.1) is 6.92 Å². The first-order chi connectivity index (χ1) is 7.29. The summed E-state index contributed by atoms with van der Waals surface area (Å²) in [5, 5.41) is 12.5. The van der Waals surface area contributed by atoms with Gasteiger partial charge in [-0.3, -0.25) is 0 Å². The van der Waals surface area contributed by atoms with Gasteiger partial charge in [0.1, 0.15) is 0 Å². The summed E-state index contributed by atoms with van der Waals surface area (Å²) < 4.78 is 0. The zero-order valence-corrected chi connectivity index (χ0v) is 8.59. The minimum absolute atomic E-state index is 0.0455. The van der Waals surface area contributed by atoms with Gasteiger partial charge in [-0.2, -0.15) is 0 Å². The second-order valence-electron chi connectivity index (χ2n) is 3.11. The third kappa shape index (κ3) is 3.13. The smallest absolute Gasteiger partial charge is 0.0684 e. The normalized spacial score (nSPS) is 10.3. The van der Waals surface area contributed by atoms with E-state index in [9.17, 15) is 0 Å². The van der Waals surface area contributed by atoms with Crippen LogP contribution in [-0.4, -0.2) is 11.7 Å². The van der Waals surface area contributed by atoms with Crippen LogP contribution in [0.25, 0.3) is 16.5 Å². The average Bonchev–Trinajstić information content (AvgIpc) is 2.26. The van der Waals surface area contributed by atoms with Crippen molar-refractivity contribution >= 4 is 6.08 Å². The van der Waals surface area contributed by atoms with Crippen molar-refractivity contribution < 1.29 is 5.11 Å². The molecule has 0 aliphatic carbocycles. The van der Waals surface area contributed by atoms with Crippen molar-refractivity contribution in [3.05, 3.63) is 51.4 Å². The molecule has 4 nitrogen and oxygen atoms in total. The fourth-order valence-electron chi connectivity index (χ4n) is 1.32.